The zero-order valence-corrected chi connectivity index (χ0v) is 16.1. The Hall–Kier alpha value is -2.87. The second-order valence-corrected chi connectivity index (χ2v) is 6.85. The number of aromatic nitrogens is 2. The Kier molecular flexibility index (Phi) is 6.30. The number of aliphatic carboxylic acids is 1. The van der Waals surface area contributed by atoms with Crippen LogP contribution in [0.25, 0.3) is 5.69 Å². The van der Waals surface area contributed by atoms with E-state index < -0.39 is 5.97 Å². The summed E-state index contributed by atoms with van der Waals surface area (Å²) < 4.78 is 12.6. The van der Waals surface area contributed by atoms with Crippen molar-refractivity contribution in [3.63, 3.8) is 0 Å². The van der Waals surface area contributed by atoms with E-state index in [1.807, 2.05) is 25.1 Å². The molecule has 150 valence electrons. The van der Waals surface area contributed by atoms with Crippen LogP contribution in [-0.2, 0) is 9.53 Å². The fourth-order valence-electron chi connectivity index (χ4n) is 3.25. The number of aryl methyl sites for hydroxylation is 1. The molecule has 8 heteroatoms. The molecule has 0 spiro atoms. The summed E-state index contributed by atoms with van der Waals surface area (Å²) in [6.07, 6.45) is 3.34. The van der Waals surface area contributed by atoms with E-state index in [0.717, 1.165) is 24.1 Å². The van der Waals surface area contributed by atoms with Crippen LogP contribution in [0.2, 0.25) is 0 Å². The van der Waals surface area contributed by atoms with Crippen molar-refractivity contribution in [3.05, 3.63) is 41.7 Å². The Bertz CT molecular complexity index is 842. The number of benzene rings is 1. The predicted molar refractivity (Wildman–Crippen MR) is 102 cm³/mol. The normalized spacial score (nSPS) is 16.1. The number of nitrogens with zero attached hydrogens (tertiary/aromatic N) is 3. The SMILES string of the molecule is COc1ccc(C)cc1-n1ccc(C(=O)N(CCC(=O)O)C[C@@H]2CCCO2)n1. The molecule has 0 bridgehead atoms. The lowest BCUT2D eigenvalue weighted by Gasteiger charge is -2.24. The molecular weight excluding hydrogens is 362 g/mol. The van der Waals surface area contributed by atoms with Crippen LogP contribution in [0.15, 0.2) is 30.5 Å². The first-order chi connectivity index (χ1) is 13.5. The van der Waals surface area contributed by atoms with Gasteiger partial charge in [-0.1, -0.05) is 6.07 Å². The van der Waals surface area contributed by atoms with Gasteiger partial charge in [0, 0.05) is 25.9 Å². The Labute approximate surface area is 163 Å². The minimum absolute atomic E-state index is 0.0586. The zero-order chi connectivity index (χ0) is 20.1. The fraction of sp³-hybridized carbons (Fsp3) is 0.450. The molecule has 2 aromatic rings. The highest BCUT2D eigenvalue weighted by atomic mass is 16.5. The van der Waals surface area contributed by atoms with Gasteiger partial charge in [0.25, 0.3) is 5.91 Å². The summed E-state index contributed by atoms with van der Waals surface area (Å²) >= 11 is 0. The Morgan fingerprint density at radius 3 is 2.89 bits per heavy atom. The van der Waals surface area contributed by atoms with Gasteiger partial charge in [-0.3, -0.25) is 9.59 Å². The number of methoxy groups -OCH3 is 1. The average Bonchev–Trinajstić information content (AvgIpc) is 3.36. The monoisotopic (exact) mass is 387 g/mol. The molecule has 0 aliphatic carbocycles. The van der Waals surface area contributed by atoms with E-state index in [1.165, 1.54) is 4.90 Å². The van der Waals surface area contributed by atoms with Gasteiger partial charge in [-0.15, -0.1) is 0 Å². The van der Waals surface area contributed by atoms with Crippen molar-refractivity contribution in [1.82, 2.24) is 14.7 Å². The molecule has 1 saturated heterocycles. The molecule has 1 aliphatic heterocycles. The Morgan fingerprint density at radius 2 is 2.21 bits per heavy atom. The van der Waals surface area contributed by atoms with E-state index >= 15 is 0 Å². The Balaban J connectivity index is 1.81. The molecule has 1 amide bonds. The van der Waals surface area contributed by atoms with E-state index in [2.05, 4.69) is 5.10 Å². The first-order valence-electron chi connectivity index (χ1n) is 9.31. The minimum atomic E-state index is -0.944. The number of ether oxygens (including phenoxy) is 2. The van der Waals surface area contributed by atoms with Crippen LogP contribution in [0, 0.1) is 6.92 Å². The molecule has 1 aliphatic rings. The van der Waals surface area contributed by atoms with E-state index in [4.69, 9.17) is 14.6 Å². The van der Waals surface area contributed by atoms with Gasteiger partial charge >= 0.3 is 5.97 Å². The van der Waals surface area contributed by atoms with Gasteiger partial charge in [-0.25, -0.2) is 4.68 Å². The van der Waals surface area contributed by atoms with Crippen LogP contribution < -0.4 is 4.74 Å². The highest BCUT2D eigenvalue weighted by Gasteiger charge is 2.25. The highest BCUT2D eigenvalue weighted by Crippen LogP contribution is 2.24. The Morgan fingerprint density at radius 1 is 1.39 bits per heavy atom. The van der Waals surface area contributed by atoms with E-state index in [0.29, 0.717) is 18.9 Å². The maximum absolute atomic E-state index is 13.0. The summed E-state index contributed by atoms with van der Waals surface area (Å²) in [4.78, 5) is 25.5. The molecule has 2 heterocycles. The van der Waals surface area contributed by atoms with Gasteiger partial charge in [0.05, 0.1) is 19.6 Å². The van der Waals surface area contributed by atoms with E-state index in [-0.39, 0.29) is 30.7 Å². The summed E-state index contributed by atoms with van der Waals surface area (Å²) in [5.41, 5.74) is 2.03. The number of carbonyl (C=O) groups is 2. The van der Waals surface area contributed by atoms with Crippen LogP contribution in [0.4, 0.5) is 0 Å². The van der Waals surface area contributed by atoms with Crippen LogP contribution in [0.5, 0.6) is 5.75 Å². The molecular formula is C20H25N3O5. The molecule has 1 aromatic heterocycles. The van der Waals surface area contributed by atoms with Crippen molar-refractivity contribution in [2.24, 2.45) is 0 Å². The summed E-state index contributed by atoms with van der Waals surface area (Å²) in [5.74, 6) is -0.600. The summed E-state index contributed by atoms with van der Waals surface area (Å²) in [7, 11) is 1.58. The third-order valence-corrected chi connectivity index (χ3v) is 4.72. The fourth-order valence-corrected chi connectivity index (χ4v) is 3.25. The van der Waals surface area contributed by atoms with Crippen molar-refractivity contribution in [2.45, 2.75) is 32.3 Å². The standard InChI is InChI=1S/C20H25N3O5/c1-14-5-6-18(27-2)17(12-14)23-10-7-16(21-23)20(26)22(9-8-19(24)25)13-15-4-3-11-28-15/h5-7,10,12,15H,3-4,8-9,11,13H2,1-2H3,(H,24,25)/t15-/m0/s1. The number of amides is 1. The minimum Gasteiger partial charge on any atom is -0.494 e. The van der Waals surface area contributed by atoms with Crippen LogP contribution in [-0.4, -0.2) is 64.6 Å². The molecule has 1 N–H and O–H groups in total. The molecule has 1 aromatic carbocycles. The second kappa shape index (κ2) is 8.88. The first-order valence-corrected chi connectivity index (χ1v) is 9.31. The van der Waals surface area contributed by atoms with Crippen molar-refractivity contribution in [1.29, 1.82) is 0 Å². The molecule has 1 atom stereocenters. The molecule has 28 heavy (non-hydrogen) atoms. The summed E-state index contributed by atoms with van der Waals surface area (Å²) in [6, 6.07) is 7.35. The largest absolute Gasteiger partial charge is 0.494 e. The smallest absolute Gasteiger partial charge is 0.305 e. The highest BCUT2D eigenvalue weighted by molar-refractivity contribution is 5.92. The number of carbonyl (C=O) groups excluding carboxylic acids is 1. The lowest BCUT2D eigenvalue weighted by Crippen LogP contribution is -2.39. The van der Waals surface area contributed by atoms with Gasteiger partial charge in [0.1, 0.15) is 11.4 Å². The molecule has 1 fully saturated rings. The average molecular weight is 387 g/mol. The third kappa shape index (κ3) is 4.69. The van der Waals surface area contributed by atoms with Gasteiger partial charge < -0.3 is 19.5 Å². The second-order valence-electron chi connectivity index (χ2n) is 6.85. The number of carboxylic acids is 1. The van der Waals surface area contributed by atoms with Gasteiger partial charge in [-0.2, -0.15) is 5.10 Å². The topological polar surface area (TPSA) is 93.9 Å². The molecule has 0 radical (unpaired) electrons. The number of rotatable bonds is 8. The predicted octanol–water partition coefficient (Wildman–Crippen LogP) is 2.29. The van der Waals surface area contributed by atoms with Crippen molar-refractivity contribution in [3.8, 4) is 11.4 Å². The molecule has 8 nitrogen and oxygen atoms in total. The van der Waals surface area contributed by atoms with E-state index in [1.54, 1.807) is 24.1 Å². The number of hydrogen-bond acceptors (Lipinski definition) is 5. The quantitative estimate of drug-likeness (QED) is 0.747. The van der Waals surface area contributed by atoms with Gasteiger partial charge in [0.15, 0.2) is 5.69 Å². The van der Waals surface area contributed by atoms with Crippen molar-refractivity contribution in [2.75, 3.05) is 26.8 Å². The molecule has 3 rings (SSSR count). The maximum Gasteiger partial charge on any atom is 0.305 e. The maximum atomic E-state index is 13.0. The van der Waals surface area contributed by atoms with Gasteiger partial charge in [-0.05, 0) is 43.5 Å². The summed E-state index contributed by atoms with van der Waals surface area (Å²) in [5, 5.41) is 13.4. The van der Waals surface area contributed by atoms with Crippen LogP contribution in [0.1, 0.15) is 35.3 Å². The third-order valence-electron chi connectivity index (χ3n) is 4.72. The lowest BCUT2D eigenvalue weighted by molar-refractivity contribution is -0.137. The zero-order valence-electron chi connectivity index (χ0n) is 16.1. The first kappa shape index (κ1) is 19.9. The number of hydrogen-bond donors (Lipinski definition) is 1. The van der Waals surface area contributed by atoms with Crippen molar-refractivity contribution >= 4 is 11.9 Å². The lowest BCUT2D eigenvalue weighted by atomic mass is 10.2. The van der Waals surface area contributed by atoms with E-state index in [9.17, 15) is 9.59 Å². The van der Waals surface area contributed by atoms with Crippen molar-refractivity contribution < 1.29 is 24.2 Å². The summed E-state index contributed by atoms with van der Waals surface area (Å²) in [6.45, 7) is 3.13. The molecule has 0 saturated carbocycles. The van der Waals surface area contributed by atoms with Crippen LogP contribution in [0.3, 0.4) is 0 Å². The molecule has 0 unspecified atom stereocenters. The van der Waals surface area contributed by atoms with Gasteiger partial charge in [0.2, 0.25) is 0 Å². The number of carboxylic acid groups (broad SMARTS) is 1. The van der Waals surface area contributed by atoms with Crippen LogP contribution >= 0.6 is 0 Å².